The van der Waals surface area contributed by atoms with Crippen molar-refractivity contribution in [3.05, 3.63) is 59.9 Å². The van der Waals surface area contributed by atoms with Crippen molar-refractivity contribution in [2.24, 2.45) is 0 Å². The van der Waals surface area contributed by atoms with Crippen molar-refractivity contribution in [2.45, 2.75) is 12.8 Å². The molecule has 0 aliphatic heterocycles. The molecule has 0 fully saturated rings. The average Bonchev–Trinajstić information content (AvgIpc) is 2.37. The Hall–Kier alpha value is -1.67. The first kappa shape index (κ1) is 11.8. The number of rotatable bonds is 4. The van der Waals surface area contributed by atoms with Gasteiger partial charge in [0, 0.05) is 6.61 Å². The largest absolute Gasteiger partial charge is 0.396 e. The predicted octanol–water partition coefficient (Wildman–Crippen LogP) is 3.42. The third kappa shape index (κ3) is 2.92. The Balaban J connectivity index is 2.37. The number of aryl methyl sites for hydroxylation is 1. The van der Waals surface area contributed by atoms with Crippen molar-refractivity contribution in [1.82, 2.24) is 0 Å². The van der Waals surface area contributed by atoms with Crippen molar-refractivity contribution in [1.29, 1.82) is 0 Å². The van der Waals surface area contributed by atoms with Crippen LogP contribution in [0.25, 0.3) is 11.1 Å². The minimum atomic E-state index is -0.223. The summed E-state index contributed by atoms with van der Waals surface area (Å²) in [4.78, 5) is 0. The van der Waals surface area contributed by atoms with Crippen molar-refractivity contribution in [2.75, 3.05) is 6.61 Å². The molecule has 1 N–H and O–H groups in total. The minimum absolute atomic E-state index is 0.178. The molecule has 2 rings (SSSR count). The highest BCUT2D eigenvalue weighted by Gasteiger charge is 2.04. The molecule has 88 valence electrons. The Morgan fingerprint density at radius 2 is 1.82 bits per heavy atom. The Kier molecular flexibility index (Phi) is 3.89. The van der Waals surface area contributed by atoms with Crippen LogP contribution in [0.4, 0.5) is 4.39 Å². The molecular weight excluding hydrogens is 215 g/mol. The van der Waals surface area contributed by atoms with E-state index in [0.717, 1.165) is 29.5 Å². The lowest BCUT2D eigenvalue weighted by molar-refractivity contribution is 0.288. The molecule has 2 aromatic carbocycles. The summed E-state index contributed by atoms with van der Waals surface area (Å²) < 4.78 is 13.2. The van der Waals surface area contributed by atoms with Gasteiger partial charge in [0.1, 0.15) is 5.82 Å². The fraction of sp³-hybridized carbons (Fsp3) is 0.200. The summed E-state index contributed by atoms with van der Waals surface area (Å²) in [5.41, 5.74) is 3.08. The maximum absolute atomic E-state index is 13.2. The molecular formula is C15H15FO. The molecule has 0 aliphatic rings. The predicted molar refractivity (Wildman–Crippen MR) is 67.2 cm³/mol. The molecule has 0 aliphatic carbocycles. The van der Waals surface area contributed by atoms with Crippen LogP contribution in [-0.4, -0.2) is 11.7 Å². The lowest BCUT2D eigenvalue weighted by Crippen LogP contribution is -1.93. The van der Waals surface area contributed by atoms with E-state index in [2.05, 4.69) is 0 Å². The number of halogens is 1. The minimum Gasteiger partial charge on any atom is -0.396 e. The Bertz CT molecular complexity index is 494. The number of aliphatic hydroxyl groups is 1. The first-order valence-corrected chi connectivity index (χ1v) is 5.76. The molecule has 0 unspecified atom stereocenters. The topological polar surface area (TPSA) is 20.2 Å². The second-order valence-electron chi connectivity index (χ2n) is 3.99. The molecule has 0 amide bonds. The second-order valence-corrected chi connectivity index (χ2v) is 3.99. The van der Waals surface area contributed by atoms with Crippen molar-refractivity contribution >= 4 is 0 Å². The Labute approximate surface area is 101 Å². The van der Waals surface area contributed by atoms with Gasteiger partial charge in [-0.1, -0.05) is 36.4 Å². The Morgan fingerprint density at radius 1 is 1.00 bits per heavy atom. The van der Waals surface area contributed by atoms with E-state index >= 15 is 0 Å². The molecule has 2 heteroatoms. The van der Waals surface area contributed by atoms with Gasteiger partial charge in [-0.05, 0) is 41.7 Å². The highest BCUT2D eigenvalue weighted by atomic mass is 19.1. The molecule has 1 nitrogen and oxygen atoms in total. The van der Waals surface area contributed by atoms with E-state index < -0.39 is 0 Å². The van der Waals surface area contributed by atoms with Crippen molar-refractivity contribution in [3.8, 4) is 11.1 Å². The van der Waals surface area contributed by atoms with Gasteiger partial charge in [0.05, 0.1) is 0 Å². The molecule has 0 heterocycles. The molecule has 17 heavy (non-hydrogen) atoms. The van der Waals surface area contributed by atoms with Gasteiger partial charge in [0.25, 0.3) is 0 Å². The van der Waals surface area contributed by atoms with E-state index in [1.807, 2.05) is 30.3 Å². The Morgan fingerprint density at radius 3 is 2.59 bits per heavy atom. The quantitative estimate of drug-likeness (QED) is 0.853. The lowest BCUT2D eigenvalue weighted by atomic mass is 9.97. The summed E-state index contributed by atoms with van der Waals surface area (Å²) in [5.74, 6) is -0.223. The van der Waals surface area contributed by atoms with Gasteiger partial charge in [-0.25, -0.2) is 4.39 Å². The van der Waals surface area contributed by atoms with Gasteiger partial charge >= 0.3 is 0 Å². The number of aliphatic hydroxyl groups excluding tert-OH is 1. The van der Waals surface area contributed by atoms with Crippen molar-refractivity contribution in [3.63, 3.8) is 0 Å². The van der Waals surface area contributed by atoms with Crippen LogP contribution in [0.5, 0.6) is 0 Å². The van der Waals surface area contributed by atoms with Crippen LogP contribution in [0, 0.1) is 5.82 Å². The number of hydrogen-bond acceptors (Lipinski definition) is 1. The zero-order valence-electron chi connectivity index (χ0n) is 9.57. The lowest BCUT2D eigenvalue weighted by Gasteiger charge is -2.09. The van der Waals surface area contributed by atoms with Gasteiger partial charge in [-0.2, -0.15) is 0 Å². The maximum Gasteiger partial charge on any atom is 0.123 e. The van der Waals surface area contributed by atoms with Crippen LogP contribution >= 0.6 is 0 Å². The number of benzene rings is 2. The normalized spacial score (nSPS) is 10.5. The van der Waals surface area contributed by atoms with Crippen LogP contribution in [-0.2, 0) is 6.42 Å². The standard InChI is InChI=1S/C15H15FO/c16-14-8-3-6-13(11-14)15-9-2-1-5-12(15)7-4-10-17/h1-3,5-6,8-9,11,17H,4,7,10H2. The van der Waals surface area contributed by atoms with Crippen LogP contribution in [0.3, 0.4) is 0 Å². The van der Waals surface area contributed by atoms with Crippen LogP contribution < -0.4 is 0 Å². The van der Waals surface area contributed by atoms with E-state index in [0.29, 0.717) is 0 Å². The summed E-state index contributed by atoms with van der Waals surface area (Å²) in [7, 11) is 0. The van der Waals surface area contributed by atoms with Crippen molar-refractivity contribution < 1.29 is 9.50 Å². The van der Waals surface area contributed by atoms with Crippen LogP contribution in [0.2, 0.25) is 0 Å². The molecule has 0 spiro atoms. The third-order valence-corrected chi connectivity index (χ3v) is 2.76. The van der Waals surface area contributed by atoms with E-state index in [1.54, 1.807) is 6.07 Å². The van der Waals surface area contributed by atoms with Gasteiger partial charge in [-0.15, -0.1) is 0 Å². The fourth-order valence-electron chi connectivity index (χ4n) is 1.95. The summed E-state index contributed by atoms with van der Waals surface area (Å²) in [6.07, 6.45) is 1.54. The van der Waals surface area contributed by atoms with Gasteiger partial charge in [0.15, 0.2) is 0 Å². The highest BCUT2D eigenvalue weighted by Crippen LogP contribution is 2.25. The second kappa shape index (κ2) is 5.60. The SMILES string of the molecule is OCCCc1ccccc1-c1cccc(F)c1. The smallest absolute Gasteiger partial charge is 0.123 e. The summed E-state index contributed by atoms with van der Waals surface area (Å²) >= 11 is 0. The summed E-state index contributed by atoms with van der Waals surface area (Å²) in [6, 6.07) is 14.5. The maximum atomic E-state index is 13.2. The van der Waals surface area contributed by atoms with Gasteiger partial charge in [0.2, 0.25) is 0 Å². The zero-order valence-corrected chi connectivity index (χ0v) is 9.57. The molecule has 0 saturated heterocycles. The molecule has 0 saturated carbocycles. The third-order valence-electron chi connectivity index (χ3n) is 2.76. The fourth-order valence-corrected chi connectivity index (χ4v) is 1.95. The van der Waals surface area contributed by atoms with Gasteiger partial charge < -0.3 is 5.11 Å². The van der Waals surface area contributed by atoms with E-state index in [-0.39, 0.29) is 12.4 Å². The molecule has 0 aromatic heterocycles. The molecule has 2 aromatic rings. The van der Waals surface area contributed by atoms with E-state index in [4.69, 9.17) is 5.11 Å². The van der Waals surface area contributed by atoms with Crippen LogP contribution in [0.15, 0.2) is 48.5 Å². The molecule has 0 atom stereocenters. The van der Waals surface area contributed by atoms with Gasteiger partial charge in [-0.3, -0.25) is 0 Å². The summed E-state index contributed by atoms with van der Waals surface area (Å²) in [5, 5.41) is 8.87. The number of hydrogen-bond donors (Lipinski definition) is 1. The average molecular weight is 230 g/mol. The molecule has 0 radical (unpaired) electrons. The zero-order chi connectivity index (χ0) is 12.1. The van der Waals surface area contributed by atoms with Crippen LogP contribution in [0.1, 0.15) is 12.0 Å². The summed E-state index contributed by atoms with van der Waals surface area (Å²) in [6.45, 7) is 0.178. The first-order valence-electron chi connectivity index (χ1n) is 5.76. The monoisotopic (exact) mass is 230 g/mol. The molecule has 0 bridgehead atoms. The van der Waals surface area contributed by atoms with E-state index in [9.17, 15) is 4.39 Å². The van der Waals surface area contributed by atoms with E-state index in [1.165, 1.54) is 12.1 Å². The highest BCUT2D eigenvalue weighted by molar-refractivity contribution is 5.67. The first-order chi connectivity index (χ1) is 8.31.